The summed E-state index contributed by atoms with van der Waals surface area (Å²) in [5, 5.41) is 2.73. The van der Waals surface area contributed by atoms with Gasteiger partial charge in [-0.15, -0.1) is 0 Å². The average molecular weight is 343 g/mol. The molecule has 1 aromatic rings. The summed E-state index contributed by atoms with van der Waals surface area (Å²) in [7, 11) is -2.35. The first-order valence-electron chi connectivity index (χ1n) is 7.62. The van der Waals surface area contributed by atoms with Gasteiger partial charge in [0.05, 0.1) is 19.3 Å². The van der Waals surface area contributed by atoms with Gasteiger partial charge in [-0.1, -0.05) is 30.3 Å². The highest BCUT2D eigenvalue weighted by Gasteiger charge is 2.34. The lowest BCUT2D eigenvalue weighted by Crippen LogP contribution is -2.39. The molecule has 0 unspecified atom stereocenters. The summed E-state index contributed by atoms with van der Waals surface area (Å²) in [5.41, 5.74) is 0.913. The Kier molecular flexibility index (Phi) is 7.92. The molecule has 0 aromatic heterocycles. The first kappa shape index (κ1) is 19.8. The Balaban J connectivity index is 2.96. The van der Waals surface area contributed by atoms with Crippen LogP contribution in [0, 0.1) is 0 Å². The fraction of sp³-hybridized carbons (Fsp3) is 0.562. The number of esters is 1. The number of hydrogen-bond acceptors (Lipinski definition) is 5. The monoisotopic (exact) mass is 343 g/mol. The standard InChI is InChI=1S/C16H26NO5P/c1-12(2)21-23(19,22-13(3)4)17-15(16(18)20-5)11-14-9-7-6-8-10-14/h6-10,12-13,15H,11H2,1-5H3,(H,17,19)/t15-/m0/s1. The maximum atomic E-state index is 12.9. The molecule has 1 aromatic carbocycles. The third kappa shape index (κ3) is 7.27. The highest BCUT2D eigenvalue weighted by molar-refractivity contribution is 7.51. The van der Waals surface area contributed by atoms with Gasteiger partial charge in [0.1, 0.15) is 6.04 Å². The molecule has 0 fully saturated rings. The van der Waals surface area contributed by atoms with E-state index in [1.165, 1.54) is 7.11 Å². The van der Waals surface area contributed by atoms with Crippen molar-refractivity contribution in [3.63, 3.8) is 0 Å². The molecule has 6 nitrogen and oxygen atoms in total. The molecule has 130 valence electrons. The largest absolute Gasteiger partial charge is 0.468 e. The Hall–Kier alpha value is -1.20. The minimum Gasteiger partial charge on any atom is -0.468 e. The topological polar surface area (TPSA) is 73.9 Å². The maximum Gasteiger partial charge on any atom is 0.406 e. The van der Waals surface area contributed by atoms with Crippen molar-refractivity contribution in [1.82, 2.24) is 5.09 Å². The third-order valence-corrected chi connectivity index (χ3v) is 4.81. The number of carbonyl (C=O) groups is 1. The van der Waals surface area contributed by atoms with Crippen molar-refractivity contribution in [3.8, 4) is 0 Å². The molecule has 0 aliphatic carbocycles. The van der Waals surface area contributed by atoms with Crippen LogP contribution in [0.15, 0.2) is 30.3 Å². The van der Waals surface area contributed by atoms with E-state index in [0.29, 0.717) is 6.42 Å². The van der Waals surface area contributed by atoms with E-state index in [2.05, 4.69) is 5.09 Å². The van der Waals surface area contributed by atoms with Gasteiger partial charge in [0, 0.05) is 0 Å². The Morgan fingerprint density at radius 3 is 2.04 bits per heavy atom. The lowest BCUT2D eigenvalue weighted by Gasteiger charge is -2.26. The van der Waals surface area contributed by atoms with E-state index in [4.69, 9.17) is 13.8 Å². The summed E-state index contributed by atoms with van der Waals surface area (Å²) >= 11 is 0. The number of benzene rings is 1. The van der Waals surface area contributed by atoms with Crippen LogP contribution in [0.25, 0.3) is 0 Å². The number of methoxy groups -OCH3 is 1. The lowest BCUT2D eigenvalue weighted by molar-refractivity contribution is -0.142. The zero-order valence-electron chi connectivity index (χ0n) is 14.3. The number of ether oxygens (including phenoxy) is 1. The Morgan fingerprint density at radius 2 is 1.61 bits per heavy atom. The highest BCUT2D eigenvalue weighted by Crippen LogP contribution is 2.47. The number of hydrogen-bond donors (Lipinski definition) is 1. The molecule has 0 amide bonds. The molecule has 1 rings (SSSR count). The van der Waals surface area contributed by atoms with Crippen molar-refractivity contribution in [3.05, 3.63) is 35.9 Å². The zero-order chi connectivity index (χ0) is 17.5. The summed E-state index contributed by atoms with van der Waals surface area (Å²) in [6.45, 7) is 7.01. The molecule has 0 radical (unpaired) electrons. The lowest BCUT2D eigenvalue weighted by atomic mass is 10.1. The fourth-order valence-corrected chi connectivity index (χ4v) is 3.87. The van der Waals surface area contributed by atoms with Crippen LogP contribution in [0.1, 0.15) is 33.3 Å². The van der Waals surface area contributed by atoms with Crippen LogP contribution >= 0.6 is 7.75 Å². The molecule has 0 aliphatic rings. The molecule has 0 bridgehead atoms. The molecule has 1 N–H and O–H groups in total. The van der Waals surface area contributed by atoms with Gasteiger partial charge < -0.3 is 4.74 Å². The molecular formula is C16H26NO5P. The fourth-order valence-electron chi connectivity index (χ4n) is 2.01. The van der Waals surface area contributed by atoms with Crippen LogP contribution in [0.5, 0.6) is 0 Å². The minimum absolute atomic E-state index is 0.317. The molecule has 1 atom stereocenters. The van der Waals surface area contributed by atoms with Crippen molar-refractivity contribution in [2.24, 2.45) is 0 Å². The van der Waals surface area contributed by atoms with Crippen LogP contribution in [0.2, 0.25) is 0 Å². The van der Waals surface area contributed by atoms with E-state index < -0.39 is 19.8 Å². The predicted molar refractivity (Wildman–Crippen MR) is 89.1 cm³/mol. The molecule has 0 spiro atoms. The molecular weight excluding hydrogens is 317 g/mol. The second-order valence-electron chi connectivity index (χ2n) is 5.70. The summed E-state index contributed by atoms with van der Waals surface area (Å²) in [4.78, 5) is 12.0. The van der Waals surface area contributed by atoms with Crippen LogP contribution in [-0.4, -0.2) is 31.3 Å². The summed E-state index contributed by atoms with van der Waals surface area (Å²) in [6, 6.07) is 8.57. The smallest absolute Gasteiger partial charge is 0.406 e. The summed E-state index contributed by atoms with van der Waals surface area (Å²) < 4.78 is 28.6. The van der Waals surface area contributed by atoms with Crippen LogP contribution in [0.3, 0.4) is 0 Å². The first-order valence-corrected chi connectivity index (χ1v) is 9.16. The first-order chi connectivity index (χ1) is 10.8. The predicted octanol–water partition coefficient (Wildman–Crippen LogP) is 3.32. The van der Waals surface area contributed by atoms with E-state index >= 15 is 0 Å². The molecule has 0 heterocycles. The van der Waals surface area contributed by atoms with Gasteiger partial charge in [-0.2, -0.15) is 0 Å². The molecule has 7 heteroatoms. The van der Waals surface area contributed by atoms with Crippen molar-refractivity contribution < 1.29 is 23.1 Å². The van der Waals surface area contributed by atoms with E-state index in [1.807, 2.05) is 30.3 Å². The molecule has 0 saturated carbocycles. The molecule has 0 saturated heterocycles. The normalized spacial score (nSPS) is 13.3. The second kappa shape index (κ2) is 9.18. The van der Waals surface area contributed by atoms with Crippen LogP contribution in [-0.2, 0) is 29.6 Å². The van der Waals surface area contributed by atoms with Crippen molar-refractivity contribution in [2.75, 3.05) is 7.11 Å². The van der Waals surface area contributed by atoms with Gasteiger partial charge in [0.25, 0.3) is 0 Å². The van der Waals surface area contributed by atoms with E-state index in [-0.39, 0.29) is 12.2 Å². The van der Waals surface area contributed by atoms with Crippen LogP contribution in [0.4, 0.5) is 0 Å². The Bertz CT molecular complexity index is 519. The van der Waals surface area contributed by atoms with Gasteiger partial charge in [0.15, 0.2) is 0 Å². The van der Waals surface area contributed by atoms with Crippen LogP contribution < -0.4 is 5.09 Å². The number of nitrogens with one attached hydrogen (secondary N) is 1. The summed E-state index contributed by atoms with van der Waals surface area (Å²) in [5.74, 6) is -0.520. The van der Waals surface area contributed by atoms with Gasteiger partial charge in [-0.3, -0.25) is 13.8 Å². The van der Waals surface area contributed by atoms with Gasteiger partial charge >= 0.3 is 13.7 Å². The molecule has 0 aliphatic heterocycles. The van der Waals surface area contributed by atoms with E-state index in [1.54, 1.807) is 27.7 Å². The van der Waals surface area contributed by atoms with Crippen molar-refractivity contribution in [1.29, 1.82) is 0 Å². The quantitative estimate of drug-likeness (QED) is 0.548. The zero-order valence-corrected chi connectivity index (χ0v) is 15.2. The highest BCUT2D eigenvalue weighted by atomic mass is 31.2. The van der Waals surface area contributed by atoms with Gasteiger partial charge in [-0.25, -0.2) is 9.65 Å². The minimum atomic E-state index is -3.64. The average Bonchev–Trinajstić information content (AvgIpc) is 2.44. The SMILES string of the molecule is COC(=O)[C@H](Cc1ccccc1)NP(=O)(OC(C)C)OC(C)C. The van der Waals surface area contributed by atoms with Crippen molar-refractivity contribution >= 4 is 13.7 Å². The van der Waals surface area contributed by atoms with E-state index in [0.717, 1.165) is 5.56 Å². The van der Waals surface area contributed by atoms with Gasteiger partial charge in [-0.05, 0) is 39.7 Å². The van der Waals surface area contributed by atoms with Crippen molar-refractivity contribution in [2.45, 2.75) is 52.4 Å². The van der Waals surface area contributed by atoms with E-state index in [9.17, 15) is 9.36 Å². The number of carbonyl (C=O) groups excluding carboxylic acids is 1. The summed E-state index contributed by atoms with van der Waals surface area (Å²) in [6.07, 6.45) is -0.315. The van der Waals surface area contributed by atoms with Gasteiger partial charge in [0.2, 0.25) is 0 Å². The Labute approximate surface area is 138 Å². The third-order valence-electron chi connectivity index (χ3n) is 2.78. The maximum absolute atomic E-state index is 12.9. The Morgan fingerprint density at radius 1 is 1.09 bits per heavy atom. The second-order valence-corrected chi connectivity index (χ2v) is 7.38. The number of rotatable bonds is 9. The molecule has 23 heavy (non-hydrogen) atoms.